The summed E-state index contributed by atoms with van der Waals surface area (Å²) in [5.74, 6) is 3.62. The molecule has 0 aliphatic carbocycles. The molecule has 0 aliphatic heterocycles. The summed E-state index contributed by atoms with van der Waals surface area (Å²) in [6.07, 6.45) is 5.40. The van der Waals surface area contributed by atoms with Crippen molar-refractivity contribution in [3.05, 3.63) is 22.7 Å². The van der Waals surface area contributed by atoms with Gasteiger partial charge in [-0.1, -0.05) is 17.5 Å². The molecule has 2 N–H and O–H groups in total. The Labute approximate surface area is 117 Å². The Morgan fingerprint density at radius 1 is 1.26 bits per heavy atom. The topological polar surface area (TPSA) is 55.0 Å². The summed E-state index contributed by atoms with van der Waals surface area (Å²) in [7, 11) is 0. The molecule has 0 fully saturated rings. The Morgan fingerprint density at radius 2 is 1.89 bits per heavy atom. The SMILES string of the molecule is C#Cc1cc2nc(N(CC)CC)c(N)nc2cc1Cl. The first-order chi connectivity index (χ1) is 9.10. The molecule has 2 aromatic rings. The molecule has 1 aromatic heterocycles. The first-order valence-electron chi connectivity index (χ1n) is 6.09. The molecule has 0 spiro atoms. The second-order valence-electron chi connectivity index (χ2n) is 4.07. The van der Waals surface area contributed by atoms with E-state index >= 15 is 0 Å². The normalized spacial score (nSPS) is 10.4. The molecular weight excluding hydrogens is 260 g/mol. The number of nitrogens with zero attached hydrogens (tertiary/aromatic N) is 3. The highest BCUT2D eigenvalue weighted by Crippen LogP contribution is 2.26. The van der Waals surface area contributed by atoms with Crippen LogP contribution in [0.2, 0.25) is 5.02 Å². The minimum atomic E-state index is 0.403. The van der Waals surface area contributed by atoms with Gasteiger partial charge in [0.05, 0.1) is 16.1 Å². The monoisotopic (exact) mass is 274 g/mol. The zero-order valence-electron chi connectivity index (χ0n) is 10.9. The van der Waals surface area contributed by atoms with E-state index in [4.69, 9.17) is 23.8 Å². The van der Waals surface area contributed by atoms with Crippen molar-refractivity contribution in [3.63, 3.8) is 0 Å². The molecule has 19 heavy (non-hydrogen) atoms. The zero-order valence-corrected chi connectivity index (χ0v) is 11.7. The van der Waals surface area contributed by atoms with Crippen LogP contribution in [0, 0.1) is 12.3 Å². The molecule has 1 aromatic carbocycles. The van der Waals surface area contributed by atoms with E-state index in [0.29, 0.717) is 33.3 Å². The van der Waals surface area contributed by atoms with E-state index in [1.54, 1.807) is 12.1 Å². The summed E-state index contributed by atoms with van der Waals surface area (Å²) in [4.78, 5) is 10.9. The van der Waals surface area contributed by atoms with Gasteiger partial charge in [-0.3, -0.25) is 0 Å². The summed E-state index contributed by atoms with van der Waals surface area (Å²) in [5, 5.41) is 0.485. The number of halogens is 1. The van der Waals surface area contributed by atoms with Gasteiger partial charge in [0.25, 0.3) is 0 Å². The second-order valence-corrected chi connectivity index (χ2v) is 4.48. The van der Waals surface area contributed by atoms with E-state index in [2.05, 4.69) is 15.9 Å². The fraction of sp³-hybridized carbons (Fsp3) is 0.286. The van der Waals surface area contributed by atoms with Gasteiger partial charge in [0.15, 0.2) is 11.6 Å². The molecule has 1 heterocycles. The van der Waals surface area contributed by atoms with Crippen molar-refractivity contribution in [2.24, 2.45) is 0 Å². The Bertz CT molecular complexity index is 657. The van der Waals surface area contributed by atoms with Gasteiger partial charge < -0.3 is 10.6 Å². The number of hydrogen-bond acceptors (Lipinski definition) is 4. The summed E-state index contributed by atoms with van der Waals surface area (Å²) in [6, 6.07) is 3.46. The number of aromatic nitrogens is 2. The minimum absolute atomic E-state index is 0.403. The highest BCUT2D eigenvalue weighted by molar-refractivity contribution is 6.32. The van der Waals surface area contributed by atoms with Gasteiger partial charge in [0.1, 0.15) is 0 Å². The van der Waals surface area contributed by atoms with E-state index in [0.717, 1.165) is 13.1 Å². The molecule has 4 nitrogen and oxygen atoms in total. The van der Waals surface area contributed by atoms with Gasteiger partial charge in [0.2, 0.25) is 0 Å². The molecule has 98 valence electrons. The molecule has 0 radical (unpaired) electrons. The molecule has 0 unspecified atom stereocenters. The third-order valence-electron chi connectivity index (χ3n) is 2.98. The molecule has 0 atom stereocenters. The van der Waals surface area contributed by atoms with Crippen molar-refractivity contribution < 1.29 is 0 Å². The molecule has 0 amide bonds. The number of nitrogens with two attached hydrogens (primary N) is 1. The predicted molar refractivity (Wildman–Crippen MR) is 80.5 cm³/mol. The maximum absolute atomic E-state index is 6.05. The summed E-state index contributed by atoms with van der Waals surface area (Å²) in [6.45, 7) is 5.72. The van der Waals surface area contributed by atoms with Crippen LogP contribution in [0.4, 0.5) is 11.6 Å². The lowest BCUT2D eigenvalue weighted by atomic mass is 10.2. The standard InChI is InChI=1S/C14H15ClN4/c1-4-9-7-11-12(8-10(9)15)17-13(16)14(18-11)19(5-2)6-3/h1,7-8H,5-6H2,2-3H3,(H2,16,17). The minimum Gasteiger partial charge on any atom is -0.381 e. The number of terminal acetylenes is 1. The van der Waals surface area contributed by atoms with Crippen LogP contribution >= 0.6 is 11.6 Å². The molecule has 0 saturated heterocycles. The third kappa shape index (κ3) is 2.42. The Kier molecular flexibility index (Phi) is 3.77. The number of hydrogen-bond donors (Lipinski definition) is 1. The summed E-state index contributed by atoms with van der Waals surface area (Å²) >= 11 is 6.05. The number of benzene rings is 1. The van der Waals surface area contributed by atoms with Crippen LogP contribution in [-0.2, 0) is 0 Å². The third-order valence-corrected chi connectivity index (χ3v) is 3.29. The molecule has 0 aliphatic rings. The van der Waals surface area contributed by atoms with Crippen molar-refractivity contribution in [2.75, 3.05) is 23.7 Å². The van der Waals surface area contributed by atoms with E-state index in [9.17, 15) is 0 Å². The highest BCUT2D eigenvalue weighted by Gasteiger charge is 2.12. The van der Waals surface area contributed by atoms with Crippen LogP contribution in [-0.4, -0.2) is 23.1 Å². The predicted octanol–water partition coefficient (Wildman–Crippen LogP) is 2.69. The average molecular weight is 275 g/mol. The van der Waals surface area contributed by atoms with E-state index < -0.39 is 0 Å². The van der Waals surface area contributed by atoms with Crippen LogP contribution in [0.5, 0.6) is 0 Å². The average Bonchev–Trinajstić information content (AvgIpc) is 2.40. The number of rotatable bonds is 3. The molecule has 2 rings (SSSR count). The first-order valence-corrected chi connectivity index (χ1v) is 6.46. The molecule has 0 saturated carbocycles. The van der Waals surface area contributed by atoms with Gasteiger partial charge in [-0.05, 0) is 26.0 Å². The van der Waals surface area contributed by atoms with Crippen molar-refractivity contribution in [1.82, 2.24) is 9.97 Å². The smallest absolute Gasteiger partial charge is 0.172 e. The van der Waals surface area contributed by atoms with Crippen LogP contribution in [0.3, 0.4) is 0 Å². The lowest BCUT2D eigenvalue weighted by Gasteiger charge is -2.21. The van der Waals surface area contributed by atoms with Crippen LogP contribution in [0.25, 0.3) is 11.0 Å². The Hall–Kier alpha value is -1.99. The Morgan fingerprint density at radius 3 is 2.47 bits per heavy atom. The highest BCUT2D eigenvalue weighted by atomic mass is 35.5. The van der Waals surface area contributed by atoms with Gasteiger partial charge in [-0.2, -0.15) is 0 Å². The molecule has 0 bridgehead atoms. The van der Waals surface area contributed by atoms with Crippen LogP contribution in [0.15, 0.2) is 12.1 Å². The Balaban J connectivity index is 2.67. The van der Waals surface area contributed by atoms with Crippen LogP contribution in [0.1, 0.15) is 19.4 Å². The summed E-state index contributed by atoms with van der Waals surface area (Å²) < 4.78 is 0. The maximum Gasteiger partial charge on any atom is 0.172 e. The fourth-order valence-corrected chi connectivity index (χ4v) is 2.16. The van der Waals surface area contributed by atoms with Gasteiger partial charge in [0, 0.05) is 18.7 Å². The lowest BCUT2D eigenvalue weighted by molar-refractivity contribution is 0.848. The van der Waals surface area contributed by atoms with E-state index in [1.165, 1.54) is 0 Å². The number of fused-ring (bicyclic) bond motifs is 1. The van der Waals surface area contributed by atoms with Crippen molar-refractivity contribution >= 4 is 34.3 Å². The van der Waals surface area contributed by atoms with Crippen LogP contribution < -0.4 is 10.6 Å². The van der Waals surface area contributed by atoms with Crippen molar-refractivity contribution in [3.8, 4) is 12.3 Å². The largest absolute Gasteiger partial charge is 0.381 e. The van der Waals surface area contributed by atoms with Gasteiger partial charge in [-0.15, -0.1) is 6.42 Å². The van der Waals surface area contributed by atoms with Crippen molar-refractivity contribution in [1.29, 1.82) is 0 Å². The van der Waals surface area contributed by atoms with Gasteiger partial charge >= 0.3 is 0 Å². The van der Waals surface area contributed by atoms with E-state index in [1.807, 2.05) is 18.7 Å². The zero-order chi connectivity index (χ0) is 14.0. The van der Waals surface area contributed by atoms with Gasteiger partial charge in [-0.25, -0.2) is 9.97 Å². The quantitative estimate of drug-likeness (QED) is 0.875. The maximum atomic E-state index is 6.05. The second kappa shape index (κ2) is 5.33. The summed E-state index contributed by atoms with van der Waals surface area (Å²) in [5.41, 5.74) is 7.92. The fourth-order valence-electron chi connectivity index (χ4n) is 1.95. The number of nitrogen functional groups attached to an aromatic ring is 1. The number of anilines is 2. The lowest BCUT2D eigenvalue weighted by Crippen LogP contribution is -2.24. The molecule has 5 heteroatoms. The molecular formula is C14H15ClN4. The van der Waals surface area contributed by atoms with E-state index in [-0.39, 0.29) is 0 Å². The first kappa shape index (κ1) is 13.4. The van der Waals surface area contributed by atoms with Crippen molar-refractivity contribution in [2.45, 2.75) is 13.8 Å².